The van der Waals surface area contributed by atoms with Crippen molar-refractivity contribution in [1.82, 2.24) is 0 Å². The Morgan fingerprint density at radius 1 is 0.667 bits per heavy atom. The van der Waals surface area contributed by atoms with Gasteiger partial charge < -0.3 is 10.2 Å². The van der Waals surface area contributed by atoms with Crippen LogP contribution in [-0.4, -0.2) is 44.4 Å². The smallest absolute Gasteiger partial charge is 0.0658 e. The van der Waals surface area contributed by atoms with E-state index in [2.05, 4.69) is 0 Å². The molecule has 4 atom stereocenters. The number of aliphatic hydroxyl groups is 2. The standard InChI is InChI=1S/C14H26O2S2/c15-11-5-1-3-7-13(11)17-9-10-18-14-8-4-2-6-12(14)16/h11-16H,1-10H2/t11-,12-,13+,14+/m0/s1. The molecule has 0 bridgehead atoms. The average Bonchev–Trinajstić information content (AvgIpc) is 2.38. The minimum Gasteiger partial charge on any atom is -0.392 e. The summed E-state index contributed by atoms with van der Waals surface area (Å²) in [6.45, 7) is 0. The Bertz CT molecular complexity index is 214. The Balaban J connectivity index is 1.57. The Morgan fingerprint density at radius 2 is 1.06 bits per heavy atom. The van der Waals surface area contributed by atoms with Gasteiger partial charge in [-0.05, 0) is 25.7 Å². The molecule has 4 heteroatoms. The van der Waals surface area contributed by atoms with Crippen LogP contribution in [-0.2, 0) is 0 Å². The predicted octanol–water partition coefficient (Wildman–Crippen LogP) is 3.06. The van der Waals surface area contributed by atoms with Gasteiger partial charge in [-0.3, -0.25) is 0 Å². The molecule has 0 heterocycles. The van der Waals surface area contributed by atoms with E-state index in [1.807, 2.05) is 23.5 Å². The highest BCUT2D eigenvalue weighted by atomic mass is 32.2. The molecule has 0 radical (unpaired) electrons. The zero-order chi connectivity index (χ0) is 12.8. The quantitative estimate of drug-likeness (QED) is 0.764. The Labute approximate surface area is 119 Å². The van der Waals surface area contributed by atoms with Crippen molar-refractivity contribution < 1.29 is 10.2 Å². The van der Waals surface area contributed by atoms with Crippen LogP contribution in [0, 0.1) is 0 Å². The number of thioether (sulfide) groups is 2. The van der Waals surface area contributed by atoms with Crippen LogP contribution in [0.5, 0.6) is 0 Å². The fourth-order valence-electron chi connectivity index (χ4n) is 2.94. The maximum atomic E-state index is 9.89. The lowest BCUT2D eigenvalue weighted by Crippen LogP contribution is -2.28. The van der Waals surface area contributed by atoms with Gasteiger partial charge in [-0.1, -0.05) is 25.7 Å². The molecule has 0 amide bonds. The molecule has 106 valence electrons. The summed E-state index contributed by atoms with van der Waals surface area (Å²) < 4.78 is 0. The second-order valence-corrected chi connectivity index (χ2v) is 8.22. The minimum atomic E-state index is -0.0750. The average molecular weight is 290 g/mol. The highest BCUT2D eigenvalue weighted by Gasteiger charge is 2.25. The first-order valence-electron chi connectivity index (χ1n) is 7.36. The largest absolute Gasteiger partial charge is 0.392 e. The number of hydrogen-bond acceptors (Lipinski definition) is 4. The van der Waals surface area contributed by atoms with Crippen molar-refractivity contribution in [1.29, 1.82) is 0 Å². The molecule has 0 saturated heterocycles. The monoisotopic (exact) mass is 290 g/mol. The molecule has 2 aliphatic rings. The molecule has 2 nitrogen and oxygen atoms in total. The molecule has 2 fully saturated rings. The second-order valence-electron chi connectivity index (χ2n) is 5.52. The highest BCUT2D eigenvalue weighted by Crippen LogP contribution is 2.32. The second kappa shape index (κ2) is 8.03. The normalized spacial score (nSPS) is 37.7. The van der Waals surface area contributed by atoms with E-state index in [1.54, 1.807) is 0 Å². The third-order valence-electron chi connectivity index (χ3n) is 4.08. The van der Waals surface area contributed by atoms with Gasteiger partial charge in [-0.25, -0.2) is 0 Å². The lowest BCUT2D eigenvalue weighted by Gasteiger charge is -2.28. The van der Waals surface area contributed by atoms with Gasteiger partial charge in [0.1, 0.15) is 0 Å². The molecule has 0 aromatic heterocycles. The van der Waals surface area contributed by atoms with Gasteiger partial charge in [0.25, 0.3) is 0 Å². The lowest BCUT2D eigenvalue weighted by atomic mass is 9.97. The SMILES string of the molecule is O[C@H]1CCCC[C@H]1SCCS[C@@H]1CCCC[C@@H]1O. The number of hydrogen-bond donors (Lipinski definition) is 2. The van der Waals surface area contributed by atoms with Gasteiger partial charge in [0.05, 0.1) is 12.2 Å². The minimum absolute atomic E-state index is 0.0750. The number of rotatable bonds is 5. The van der Waals surface area contributed by atoms with Gasteiger partial charge in [-0.15, -0.1) is 0 Å². The van der Waals surface area contributed by atoms with E-state index in [9.17, 15) is 10.2 Å². The van der Waals surface area contributed by atoms with Gasteiger partial charge in [-0.2, -0.15) is 23.5 Å². The van der Waals surface area contributed by atoms with Crippen molar-refractivity contribution in [3.05, 3.63) is 0 Å². The maximum Gasteiger partial charge on any atom is 0.0658 e. The summed E-state index contributed by atoms with van der Waals surface area (Å²) in [6, 6.07) is 0. The molecule has 2 aliphatic carbocycles. The summed E-state index contributed by atoms with van der Waals surface area (Å²) in [5, 5.41) is 20.7. The highest BCUT2D eigenvalue weighted by molar-refractivity contribution is 8.03. The van der Waals surface area contributed by atoms with E-state index in [0.29, 0.717) is 10.5 Å². The summed E-state index contributed by atoms with van der Waals surface area (Å²) in [7, 11) is 0. The van der Waals surface area contributed by atoms with Gasteiger partial charge in [0.2, 0.25) is 0 Å². The van der Waals surface area contributed by atoms with Gasteiger partial charge >= 0.3 is 0 Å². The van der Waals surface area contributed by atoms with Crippen LogP contribution in [0.25, 0.3) is 0 Å². The van der Waals surface area contributed by atoms with Gasteiger partial charge in [0.15, 0.2) is 0 Å². The lowest BCUT2D eigenvalue weighted by molar-refractivity contribution is 0.136. The summed E-state index contributed by atoms with van der Waals surface area (Å²) >= 11 is 3.89. The molecular formula is C14H26O2S2. The third kappa shape index (κ3) is 4.62. The third-order valence-corrected chi connectivity index (χ3v) is 7.18. The molecule has 0 aromatic rings. The van der Waals surface area contributed by atoms with Crippen LogP contribution < -0.4 is 0 Å². The molecule has 0 spiro atoms. The van der Waals surface area contributed by atoms with Crippen LogP contribution >= 0.6 is 23.5 Å². The van der Waals surface area contributed by atoms with E-state index in [4.69, 9.17) is 0 Å². The van der Waals surface area contributed by atoms with Crippen LogP contribution in [0.4, 0.5) is 0 Å². The number of aliphatic hydroxyl groups excluding tert-OH is 2. The molecule has 0 aromatic carbocycles. The van der Waals surface area contributed by atoms with Crippen molar-refractivity contribution in [2.45, 2.75) is 74.1 Å². The van der Waals surface area contributed by atoms with Crippen molar-refractivity contribution in [3.63, 3.8) is 0 Å². The topological polar surface area (TPSA) is 40.5 Å². The zero-order valence-electron chi connectivity index (χ0n) is 11.1. The van der Waals surface area contributed by atoms with E-state index < -0.39 is 0 Å². The zero-order valence-corrected chi connectivity index (χ0v) is 12.7. The fourth-order valence-corrected chi connectivity index (χ4v) is 5.70. The van der Waals surface area contributed by atoms with E-state index in [0.717, 1.165) is 24.3 Å². The first-order valence-corrected chi connectivity index (χ1v) is 9.46. The Morgan fingerprint density at radius 3 is 1.44 bits per heavy atom. The van der Waals surface area contributed by atoms with E-state index >= 15 is 0 Å². The van der Waals surface area contributed by atoms with E-state index in [-0.39, 0.29) is 12.2 Å². The first kappa shape index (κ1) is 15.0. The predicted molar refractivity (Wildman–Crippen MR) is 81.4 cm³/mol. The Kier molecular flexibility index (Phi) is 6.70. The molecule has 18 heavy (non-hydrogen) atoms. The molecule has 2 saturated carbocycles. The maximum absolute atomic E-state index is 9.89. The molecule has 2 N–H and O–H groups in total. The van der Waals surface area contributed by atoms with Crippen molar-refractivity contribution in [3.8, 4) is 0 Å². The van der Waals surface area contributed by atoms with Crippen LogP contribution in [0.15, 0.2) is 0 Å². The fraction of sp³-hybridized carbons (Fsp3) is 1.00. The molecule has 2 rings (SSSR count). The van der Waals surface area contributed by atoms with Crippen LogP contribution in [0.1, 0.15) is 51.4 Å². The van der Waals surface area contributed by atoms with Crippen LogP contribution in [0.3, 0.4) is 0 Å². The summed E-state index contributed by atoms with van der Waals surface area (Å²) in [4.78, 5) is 0. The first-order chi connectivity index (χ1) is 8.77. The van der Waals surface area contributed by atoms with Crippen molar-refractivity contribution in [2.75, 3.05) is 11.5 Å². The molecule has 0 unspecified atom stereocenters. The molecule has 0 aliphatic heterocycles. The summed E-state index contributed by atoms with van der Waals surface area (Å²) in [6.07, 6.45) is 9.15. The van der Waals surface area contributed by atoms with Crippen LogP contribution in [0.2, 0.25) is 0 Å². The van der Waals surface area contributed by atoms with Gasteiger partial charge in [0, 0.05) is 22.0 Å². The summed E-state index contributed by atoms with van der Waals surface area (Å²) in [5.41, 5.74) is 0. The molecular weight excluding hydrogens is 264 g/mol. The Hall–Kier alpha value is 0.620. The van der Waals surface area contributed by atoms with Crippen molar-refractivity contribution >= 4 is 23.5 Å². The van der Waals surface area contributed by atoms with E-state index in [1.165, 1.54) is 38.5 Å². The summed E-state index contributed by atoms with van der Waals surface area (Å²) in [5.74, 6) is 2.24. The van der Waals surface area contributed by atoms with Crippen molar-refractivity contribution in [2.24, 2.45) is 0 Å².